The number of halogens is 5. The molecule has 2 aliphatic heterocycles. The fourth-order valence-electron chi connectivity index (χ4n) is 5.15. The zero-order valence-corrected chi connectivity index (χ0v) is 22.6. The molecule has 200 valence electrons. The first-order valence-electron chi connectivity index (χ1n) is 11.8. The van der Waals surface area contributed by atoms with E-state index in [0.29, 0.717) is 35.4 Å². The molecule has 3 heterocycles. The Balaban J connectivity index is 1.46. The van der Waals surface area contributed by atoms with Crippen LogP contribution in [0.1, 0.15) is 63.3 Å². The van der Waals surface area contributed by atoms with Crippen molar-refractivity contribution in [3.8, 4) is 0 Å². The van der Waals surface area contributed by atoms with E-state index in [1.807, 2.05) is 0 Å². The minimum Gasteiger partial charge on any atom is -0.374 e. The van der Waals surface area contributed by atoms with Gasteiger partial charge in [0.25, 0.3) is 11.5 Å². The number of sulfone groups is 1. The highest BCUT2D eigenvalue weighted by molar-refractivity contribution is 7.91. The van der Waals surface area contributed by atoms with Crippen LogP contribution < -0.4 is 5.32 Å². The number of amides is 1. The van der Waals surface area contributed by atoms with Gasteiger partial charge in [0.2, 0.25) is 0 Å². The van der Waals surface area contributed by atoms with E-state index in [-0.39, 0.29) is 44.8 Å². The maximum atomic E-state index is 14.5. The Morgan fingerprint density at radius 2 is 1.70 bits per heavy atom. The predicted octanol–water partition coefficient (Wildman–Crippen LogP) is 5.82. The summed E-state index contributed by atoms with van der Waals surface area (Å²) in [4.78, 5) is 19.4. The molecule has 1 aromatic heterocycles. The van der Waals surface area contributed by atoms with Gasteiger partial charge in [-0.2, -0.15) is 13.2 Å². The monoisotopic (exact) mass is 594 g/mol. The van der Waals surface area contributed by atoms with Gasteiger partial charge in [0.1, 0.15) is 15.5 Å². The van der Waals surface area contributed by atoms with E-state index in [4.69, 9.17) is 28.0 Å². The first-order valence-corrected chi connectivity index (χ1v) is 15.2. The third-order valence-corrected chi connectivity index (χ3v) is 10.6. The fourth-order valence-corrected chi connectivity index (χ4v) is 8.44. The normalized spacial score (nSPS) is 23.8. The number of rotatable bonds is 4. The van der Waals surface area contributed by atoms with E-state index in [9.17, 15) is 26.4 Å². The van der Waals surface area contributed by atoms with Crippen molar-refractivity contribution in [1.29, 1.82) is 0 Å². The standard InChI is InChI=1S/C24H23Cl2F3N2O4S2/c25-14-9-13(10-15(26)11-14)23(24(27,28)29)12-19(31-35-23)20-17-3-1-2-4-18(17)21(36-20)22(32)30-16-5-7-37(33,34)8-6-16/h9-11,16H,1-8,12H2,(H,30,32). The number of oxime groups is 1. The third-order valence-electron chi connectivity index (χ3n) is 7.09. The summed E-state index contributed by atoms with van der Waals surface area (Å²) >= 11 is 13.1. The van der Waals surface area contributed by atoms with Crippen LogP contribution in [0.15, 0.2) is 23.4 Å². The van der Waals surface area contributed by atoms with Crippen molar-refractivity contribution in [2.45, 2.75) is 62.8 Å². The topological polar surface area (TPSA) is 84.8 Å². The second-order valence-corrected chi connectivity index (χ2v) is 13.8. The van der Waals surface area contributed by atoms with Gasteiger partial charge in [0, 0.05) is 21.7 Å². The molecule has 1 aliphatic carbocycles. The van der Waals surface area contributed by atoms with Gasteiger partial charge in [-0.15, -0.1) is 11.3 Å². The summed E-state index contributed by atoms with van der Waals surface area (Å²) in [6.45, 7) is 0. The van der Waals surface area contributed by atoms with Crippen LogP contribution in [-0.2, 0) is 33.1 Å². The van der Waals surface area contributed by atoms with Gasteiger partial charge in [-0.1, -0.05) is 28.4 Å². The van der Waals surface area contributed by atoms with Crippen molar-refractivity contribution in [3.63, 3.8) is 0 Å². The molecular weight excluding hydrogens is 572 g/mol. The van der Waals surface area contributed by atoms with Crippen LogP contribution in [-0.4, -0.2) is 43.8 Å². The lowest BCUT2D eigenvalue weighted by atomic mass is 9.85. The van der Waals surface area contributed by atoms with Crippen molar-refractivity contribution in [3.05, 3.63) is 54.7 Å². The van der Waals surface area contributed by atoms with Crippen LogP contribution in [0.5, 0.6) is 0 Å². The molecule has 1 amide bonds. The lowest BCUT2D eigenvalue weighted by Gasteiger charge is -2.29. The van der Waals surface area contributed by atoms with E-state index < -0.39 is 28.0 Å². The zero-order valence-electron chi connectivity index (χ0n) is 19.5. The lowest BCUT2D eigenvalue weighted by molar-refractivity contribution is -0.275. The molecule has 1 atom stereocenters. The molecule has 2 aromatic rings. The number of alkyl halides is 3. The maximum absolute atomic E-state index is 14.5. The van der Waals surface area contributed by atoms with Gasteiger partial charge in [-0.25, -0.2) is 8.42 Å². The maximum Gasteiger partial charge on any atom is 0.435 e. The van der Waals surface area contributed by atoms with Crippen LogP contribution in [0.2, 0.25) is 10.0 Å². The minimum atomic E-state index is -4.81. The van der Waals surface area contributed by atoms with E-state index in [1.54, 1.807) is 0 Å². The summed E-state index contributed by atoms with van der Waals surface area (Å²) in [5.41, 5.74) is -1.22. The quantitative estimate of drug-likeness (QED) is 0.483. The number of hydrogen-bond donors (Lipinski definition) is 1. The molecule has 3 aliphatic rings. The molecular formula is C24H23Cl2F3N2O4S2. The van der Waals surface area contributed by atoms with Crippen LogP contribution >= 0.6 is 34.5 Å². The summed E-state index contributed by atoms with van der Waals surface area (Å²) in [5.74, 6) is -0.290. The molecule has 1 N–H and O–H groups in total. The predicted molar refractivity (Wildman–Crippen MR) is 137 cm³/mol. The molecule has 6 nitrogen and oxygen atoms in total. The molecule has 1 aromatic carbocycles. The summed E-state index contributed by atoms with van der Waals surface area (Å²) in [6.07, 6.45) is -1.75. The summed E-state index contributed by atoms with van der Waals surface area (Å²) < 4.78 is 66.8. The molecule has 0 radical (unpaired) electrons. The second-order valence-electron chi connectivity index (χ2n) is 9.61. The molecule has 1 saturated heterocycles. The fraction of sp³-hybridized carbons (Fsp3) is 0.500. The number of benzene rings is 1. The SMILES string of the molecule is O=C(NC1CCS(=O)(=O)CC1)c1sc(C2=NOC(c3cc(Cl)cc(Cl)c3)(C(F)(F)F)C2)c2c1CCCC2. The van der Waals surface area contributed by atoms with Gasteiger partial charge in [0.15, 0.2) is 0 Å². The van der Waals surface area contributed by atoms with Crippen LogP contribution in [0.3, 0.4) is 0 Å². The number of nitrogens with zero attached hydrogens (tertiary/aromatic N) is 1. The molecule has 13 heteroatoms. The smallest absolute Gasteiger partial charge is 0.374 e. The van der Waals surface area contributed by atoms with Crippen molar-refractivity contribution in [1.82, 2.24) is 5.32 Å². The van der Waals surface area contributed by atoms with Crippen molar-refractivity contribution in [2.75, 3.05) is 11.5 Å². The minimum absolute atomic E-state index is 0.0208. The molecule has 0 bridgehead atoms. The van der Waals surface area contributed by atoms with Crippen LogP contribution in [0.25, 0.3) is 0 Å². The number of carbonyl (C=O) groups excluding carboxylic acids is 1. The molecule has 5 rings (SSSR count). The molecule has 1 fully saturated rings. The number of carbonyl (C=O) groups is 1. The second kappa shape index (κ2) is 9.73. The molecule has 0 spiro atoms. The van der Waals surface area contributed by atoms with Gasteiger partial charge in [-0.05, 0) is 67.9 Å². The highest BCUT2D eigenvalue weighted by Crippen LogP contribution is 2.51. The number of thiophene rings is 1. The Morgan fingerprint density at radius 1 is 1.08 bits per heavy atom. The number of hydrogen-bond acceptors (Lipinski definition) is 6. The number of fused-ring (bicyclic) bond motifs is 1. The molecule has 37 heavy (non-hydrogen) atoms. The van der Waals surface area contributed by atoms with Gasteiger partial charge < -0.3 is 10.2 Å². The van der Waals surface area contributed by atoms with E-state index in [2.05, 4.69) is 10.5 Å². The highest BCUT2D eigenvalue weighted by atomic mass is 35.5. The Labute approximate surface area is 226 Å². The summed E-state index contributed by atoms with van der Waals surface area (Å²) in [7, 11) is -3.08. The summed E-state index contributed by atoms with van der Waals surface area (Å²) in [5, 5.41) is 6.92. The first kappa shape index (κ1) is 26.8. The molecule has 1 unspecified atom stereocenters. The average Bonchev–Trinajstić information content (AvgIpc) is 3.43. The Bertz CT molecular complexity index is 1360. The summed E-state index contributed by atoms with van der Waals surface area (Å²) in [6, 6.07) is 3.42. The van der Waals surface area contributed by atoms with Gasteiger partial charge in [0.05, 0.1) is 27.7 Å². The largest absolute Gasteiger partial charge is 0.435 e. The Kier molecular flexibility index (Phi) is 7.04. The van der Waals surface area contributed by atoms with Gasteiger partial charge >= 0.3 is 6.18 Å². The Morgan fingerprint density at radius 3 is 2.32 bits per heavy atom. The van der Waals surface area contributed by atoms with Crippen LogP contribution in [0, 0.1) is 0 Å². The first-order chi connectivity index (χ1) is 17.4. The van der Waals surface area contributed by atoms with Gasteiger partial charge in [-0.3, -0.25) is 4.79 Å². The molecule has 0 saturated carbocycles. The van der Waals surface area contributed by atoms with E-state index >= 15 is 0 Å². The zero-order chi connectivity index (χ0) is 26.6. The lowest BCUT2D eigenvalue weighted by Crippen LogP contribution is -2.42. The Hall–Kier alpha value is -1.82. The van der Waals surface area contributed by atoms with E-state index in [1.165, 1.54) is 18.2 Å². The van der Waals surface area contributed by atoms with Crippen molar-refractivity contribution >= 4 is 56.0 Å². The third kappa shape index (κ3) is 5.12. The number of nitrogens with one attached hydrogen (secondary N) is 1. The van der Waals surface area contributed by atoms with Crippen molar-refractivity contribution < 1.29 is 31.2 Å². The van der Waals surface area contributed by atoms with Crippen LogP contribution in [0.4, 0.5) is 13.2 Å². The van der Waals surface area contributed by atoms with E-state index in [0.717, 1.165) is 35.3 Å². The van der Waals surface area contributed by atoms with Crippen molar-refractivity contribution in [2.24, 2.45) is 5.16 Å². The highest BCUT2D eigenvalue weighted by Gasteiger charge is 2.62. The average molecular weight is 595 g/mol.